The van der Waals surface area contributed by atoms with Crippen molar-refractivity contribution >= 4 is 5.69 Å². The largest absolute Gasteiger partial charge is 0.493 e. The molecular weight excluding hydrogens is 226 g/mol. The SMILES string of the molecule is COc1ccc(-c2c(C)cccc2N)cc1OC. The standard InChI is InChI=1S/C15H17NO2/c1-10-5-4-6-12(16)15(10)11-7-8-13(17-2)14(9-11)18-3/h4-9H,16H2,1-3H3. The molecule has 0 amide bonds. The summed E-state index contributed by atoms with van der Waals surface area (Å²) in [6.45, 7) is 2.04. The van der Waals surface area contributed by atoms with Crippen LogP contribution in [0, 0.1) is 6.92 Å². The Kier molecular flexibility index (Phi) is 3.42. The van der Waals surface area contributed by atoms with Crippen molar-refractivity contribution in [1.82, 2.24) is 0 Å². The molecule has 0 radical (unpaired) electrons. The molecular formula is C15H17NO2. The molecule has 0 atom stereocenters. The Morgan fingerprint density at radius 3 is 2.28 bits per heavy atom. The first-order chi connectivity index (χ1) is 8.67. The lowest BCUT2D eigenvalue weighted by atomic mass is 9.98. The number of nitrogen functional groups attached to an aromatic ring is 1. The number of nitrogens with two attached hydrogens (primary N) is 1. The van der Waals surface area contributed by atoms with Gasteiger partial charge in [0.2, 0.25) is 0 Å². The lowest BCUT2D eigenvalue weighted by molar-refractivity contribution is 0.355. The van der Waals surface area contributed by atoms with E-state index in [1.54, 1.807) is 14.2 Å². The van der Waals surface area contributed by atoms with Gasteiger partial charge in [-0.05, 0) is 36.2 Å². The van der Waals surface area contributed by atoms with Crippen molar-refractivity contribution in [2.24, 2.45) is 0 Å². The average Bonchev–Trinajstić information content (AvgIpc) is 2.38. The number of rotatable bonds is 3. The zero-order valence-corrected chi connectivity index (χ0v) is 10.9. The summed E-state index contributed by atoms with van der Waals surface area (Å²) in [7, 11) is 3.25. The molecule has 0 aliphatic heterocycles. The average molecular weight is 243 g/mol. The van der Waals surface area contributed by atoms with E-state index >= 15 is 0 Å². The minimum atomic E-state index is 0.706. The van der Waals surface area contributed by atoms with Gasteiger partial charge < -0.3 is 15.2 Å². The van der Waals surface area contributed by atoms with Gasteiger partial charge in [0.15, 0.2) is 11.5 Å². The second-order valence-electron chi connectivity index (χ2n) is 4.11. The van der Waals surface area contributed by atoms with Crippen molar-refractivity contribution in [2.45, 2.75) is 6.92 Å². The van der Waals surface area contributed by atoms with Crippen LogP contribution in [0.15, 0.2) is 36.4 Å². The summed E-state index contributed by atoms with van der Waals surface area (Å²) < 4.78 is 10.5. The van der Waals surface area contributed by atoms with Crippen molar-refractivity contribution in [3.8, 4) is 22.6 Å². The van der Waals surface area contributed by atoms with E-state index < -0.39 is 0 Å². The first-order valence-corrected chi connectivity index (χ1v) is 5.75. The molecule has 0 spiro atoms. The topological polar surface area (TPSA) is 44.5 Å². The number of hydrogen-bond acceptors (Lipinski definition) is 3. The van der Waals surface area contributed by atoms with E-state index in [1.165, 1.54) is 0 Å². The monoisotopic (exact) mass is 243 g/mol. The fraction of sp³-hybridized carbons (Fsp3) is 0.200. The van der Waals surface area contributed by atoms with E-state index in [-0.39, 0.29) is 0 Å². The van der Waals surface area contributed by atoms with Gasteiger partial charge in [0.1, 0.15) is 0 Å². The van der Waals surface area contributed by atoms with Crippen LogP contribution in [0.5, 0.6) is 11.5 Å². The number of benzene rings is 2. The summed E-state index contributed by atoms with van der Waals surface area (Å²) in [5.41, 5.74) is 10.0. The molecule has 0 aliphatic rings. The van der Waals surface area contributed by atoms with Crippen molar-refractivity contribution in [3.63, 3.8) is 0 Å². The molecule has 3 nitrogen and oxygen atoms in total. The molecule has 0 fully saturated rings. The van der Waals surface area contributed by atoms with Gasteiger partial charge in [0, 0.05) is 11.3 Å². The maximum atomic E-state index is 6.04. The number of hydrogen-bond donors (Lipinski definition) is 1. The van der Waals surface area contributed by atoms with E-state index in [0.717, 1.165) is 22.4 Å². The fourth-order valence-corrected chi connectivity index (χ4v) is 2.08. The third-order valence-electron chi connectivity index (χ3n) is 2.98. The van der Waals surface area contributed by atoms with Crippen LogP contribution in [0.2, 0.25) is 0 Å². The van der Waals surface area contributed by atoms with Crippen molar-refractivity contribution < 1.29 is 9.47 Å². The number of ether oxygens (including phenoxy) is 2. The van der Waals surface area contributed by atoms with Crippen LogP contribution in [0.4, 0.5) is 5.69 Å². The molecule has 18 heavy (non-hydrogen) atoms. The molecule has 0 aliphatic carbocycles. The molecule has 0 unspecified atom stereocenters. The molecule has 0 bridgehead atoms. The van der Waals surface area contributed by atoms with Gasteiger partial charge in [0.25, 0.3) is 0 Å². The van der Waals surface area contributed by atoms with E-state index in [9.17, 15) is 0 Å². The van der Waals surface area contributed by atoms with Crippen molar-refractivity contribution in [3.05, 3.63) is 42.0 Å². The summed E-state index contributed by atoms with van der Waals surface area (Å²) >= 11 is 0. The lowest BCUT2D eigenvalue weighted by Gasteiger charge is -2.13. The number of anilines is 1. The lowest BCUT2D eigenvalue weighted by Crippen LogP contribution is -1.95. The van der Waals surface area contributed by atoms with Crippen LogP contribution >= 0.6 is 0 Å². The highest BCUT2D eigenvalue weighted by atomic mass is 16.5. The summed E-state index contributed by atoms with van der Waals surface area (Å²) in [6, 6.07) is 11.7. The zero-order valence-electron chi connectivity index (χ0n) is 10.9. The van der Waals surface area contributed by atoms with E-state index in [1.807, 2.05) is 43.3 Å². The van der Waals surface area contributed by atoms with Crippen molar-refractivity contribution in [1.29, 1.82) is 0 Å². The molecule has 0 heterocycles. The molecule has 0 saturated heterocycles. The van der Waals surface area contributed by atoms with Gasteiger partial charge in [-0.25, -0.2) is 0 Å². The minimum absolute atomic E-state index is 0.706. The van der Waals surface area contributed by atoms with Crippen LogP contribution < -0.4 is 15.2 Å². The van der Waals surface area contributed by atoms with Crippen LogP contribution in [0.3, 0.4) is 0 Å². The van der Waals surface area contributed by atoms with E-state index in [4.69, 9.17) is 15.2 Å². The van der Waals surface area contributed by atoms with Gasteiger partial charge in [-0.2, -0.15) is 0 Å². The molecule has 2 aromatic carbocycles. The van der Waals surface area contributed by atoms with Gasteiger partial charge in [-0.15, -0.1) is 0 Å². The Hall–Kier alpha value is -2.16. The first kappa shape index (κ1) is 12.3. The van der Waals surface area contributed by atoms with E-state index in [0.29, 0.717) is 11.5 Å². The van der Waals surface area contributed by atoms with Crippen LogP contribution in [-0.4, -0.2) is 14.2 Å². The molecule has 2 aromatic rings. The Morgan fingerprint density at radius 2 is 1.67 bits per heavy atom. The summed E-state index contributed by atoms with van der Waals surface area (Å²) in [5, 5.41) is 0. The summed E-state index contributed by atoms with van der Waals surface area (Å²) in [5.74, 6) is 1.42. The van der Waals surface area contributed by atoms with Crippen LogP contribution in [0.25, 0.3) is 11.1 Å². The van der Waals surface area contributed by atoms with Gasteiger partial charge in [0.05, 0.1) is 14.2 Å². The highest BCUT2D eigenvalue weighted by Gasteiger charge is 2.10. The van der Waals surface area contributed by atoms with Crippen LogP contribution in [0.1, 0.15) is 5.56 Å². The highest BCUT2D eigenvalue weighted by Crippen LogP contribution is 2.35. The third-order valence-corrected chi connectivity index (χ3v) is 2.98. The predicted molar refractivity (Wildman–Crippen MR) is 74.1 cm³/mol. The summed E-state index contributed by atoms with van der Waals surface area (Å²) in [4.78, 5) is 0. The molecule has 0 aromatic heterocycles. The zero-order chi connectivity index (χ0) is 13.1. The van der Waals surface area contributed by atoms with Gasteiger partial charge >= 0.3 is 0 Å². The minimum Gasteiger partial charge on any atom is -0.493 e. The molecule has 3 heteroatoms. The maximum absolute atomic E-state index is 6.04. The van der Waals surface area contributed by atoms with Crippen LogP contribution in [-0.2, 0) is 0 Å². The fourth-order valence-electron chi connectivity index (χ4n) is 2.08. The first-order valence-electron chi connectivity index (χ1n) is 5.75. The molecule has 2 rings (SSSR count). The van der Waals surface area contributed by atoms with Crippen molar-refractivity contribution in [2.75, 3.05) is 20.0 Å². The Bertz CT molecular complexity index is 544. The normalized spacial score (nSPS) is 10.2. The van der Waals surface area contributed by atoms with E-state index in [2.05, 4.69) is 0 Å². The smallest absolute Gasteiger partial charge is 0.161 e. The Labute approximate surface area is 107 Å². The molecule has 94 valence electrons. The number of methoxy groups -OCH3 is 2. The highest BCUT2D eigenvalue weighted by molar-refractivity contribution is 5.80. The molecule has 0 saturated carbocycles. The van der Waals surface area contributed by atoms with Gasteiger partial charge in [-0.3, -0.25) is 0 Å². The Morgan fingerprint density at radius 1 is 0.944 bits per heavy atom. The quantitative estimate of drug-likeness (QED) is 0.841. The summed E-state index contributed by atoms with van der Waals surface area (Å²) in [6.07, 6.45) is 0. The second-order valence-corrected chi connectivity index (χ2v) is 4.11. The number of aryl methyl sites for hydroxylation is 1. The maximum Gasteiger partial charge on any atom is 0.161 e. The predicted octanol–water partition coefficient (Wildman–Crippen LogP) is 3.26. The molecule has 2 N–H and O–H groups in total. The van der Waals surface area contributed by atoms with Gasteiger partial charge in [-0.1, -0.05) is 18.2 Å². The Balaban J connectivity index is 2.58. The second kappa shape index (κ2) is 5.00. The third kappa shape index (κ3) is 2.12.